The predicted octanol–water partition coefficient (Wildman–Crippen LogP) is 3.14. The molecule has 1 aromatic rings. The minimum atomic E-state index is -0.319. The van der Waals surface area contributed by atoms with Gasteiger partial charge in [-0.1, -0.05) is 13.8 Å². The summed E-state index contributed by atoms with van der Waals surface area (Å²) >= 11 is 1.80. The van der Waals surface area contributed by atoms with Crippen molar-refractivity contribution in [1.29, 1.82) is 0 Å². The molecule has 2 aliphatic rings. The highest BCUT2D eigenvalue weighted by Gasteiger charge is 2.29. The maximum atomic E-state index is 9.98. The summed E-state index contributed by atoms with van der Waals surface area (Å²) in [6.07, 6.45) is 5.23. The molecule has 0 spiro atoms. The summed E-state index contributed by atoms with van der Waals surface area (Å²) in [7, 11) is 0. The Balaban J connectivity index is 1.78. The van der Waals surface area contributed by atoms with E-state index in [-0.39, 0.29) is 6.10 Å². The monoisotopic (exact) mass is 266 g/mol. The van der Waals surface area contributed by atoms with Crippen molar-refractivity contribution in [2.75, 3.05) is 18.0 Å². The molecular formula is C14H22N2OS. The molecule has 1 saturated heterocycles. The molecule has 2 heterocycles. The highest BCUT2D eigenvalue weighted by atomic mass is 32.1. The van der Waals surface area contributed by atoms with Gasteiger partial charge < -0.3 is 10.0 Å². The normalized spacial score (nSPS) is 27.1. The Hall–Kier alpha value is -0.610. The maximum absolute atomic E-state index is 9.98. The number of anilines is 1. The number of hydrogen-bond acceptors (Lipinski definition) is 4. The van der Waals surface area contributed by atoms with E-state index in [2.05, 4.69) is 18.7 Å². The molecule has 0 bridgehead atoms. The molecule has 100 valence electrons. The van der Waals surface area contributed by atoms with Crippen molar-refractivity contribution in [1.82, 2.24) is 4.98 Å². The molecule has 1 fully saturated rings. The average Bonchev–Trinajstić information content (AvgIpc) is 2.74. The molecule has 1 N–H and O–H groups in total. The number of thiazole rings is 1. The minimum absolute atomic E-state index is 0.319. The maximum Gasteiger partial charge on any atom is 0.185 e. The molecule has 1 unspecified atom stereocenters. The molecule has 0 aromatic carbocycles. The van der Waals surface area contributed by atoms with E-state index in [4.69, 9.17) is 4.98 Å². The van der Waals surface area contributed by atoms with E-state index in [1.807, 2.05) is 0 Å². The van der Waals surface area contributed by atoms with Gasteiger partial charge in [0.2, 0.25) is 0 Å². The fraction of sp³-hybridized carbons (Fsp3) is 0.786. The van der Waals surface area contributed by atoms with Gasteiger partial charge in [0.05, 0.1) is 11.8 Å². The van der Waals surface area contributed by atoms with Crippen LogP contribution in [0.4, 0.5) is 5.13 Å². The quantitative estimate of drug-likeness (QED) is 0.848. The van der Waals surface area contributed by atoms with Crippen molar-refractivity contribution < 1.29 is 5.11 Å². The zero-order chi connectivity index (χ0) is 12.8. The van der Waals surface area contributed by atoms with Crippen LogP contribution in [-0.2, 0) is 6.42 Å². The van der Waals surface area contributed by atoms with Crippen molar-refractivity contribution in [3.8, 4) is 0 Å². The summed E-state index contributed by atoms with van der Waals surface area (Å²) in [6, 6.07) is 0. The molecule has 18 heavy (non-hydrogen) atoms. The summed E-state index contributed by atoms with van der Waals surface area (Å²) in [6.45, 7) is 6.91. The number of fused-ring (bicyclic) bond motifs is 1. The van der Waals surface area contributed by atoms with Crippen LogP contribution >= 0.6 is 11.3 Å². The Bertz CT molecular complexity index is 431. The van der Waals surface area contributed by atoms with E-state index < -0.39 is 0 Å². The predicted molar refractivity (Wildman–Crippen MR) is 75.2 cm³/mol. The standard InChI is InChI=1S/C14H22N2OS/c1-14(2)6-8-16(9-7-14)13-15-12-10(17)4-3-5-11(12)18-13/h10,17H,3-9H2,1-2H3. The van der Waals surface area contributed by atoms with Crippen molar-refractivity contribution in [2.45, 2.75) is 52.1 Å². The largest absolute Gasteiger partial charge is 0.387 e. The third kappa shape index (κ3) is 2.28. The van der Waals surface area contributed by atoms with Crippen LogP contribution in [0, 0.1) is 5.41 Å². The van der Waals surface area contributed by atoms with Gasteiger partial charge in [-0.05, 0) is 37.5 Å². The summed E-state index contributed by atoms with van der Waals surface area (Å²) in [5.74, 6) is 0. The number of aliphatic hydroxyl groups is 1. The summed E-state index contributed by atoms with van der Waals surface area (Å²) < 4.78 is 0. The molecular weight excluding hydrogens is 244 g/mol. The topological polar surface area (TPSA) is 36.4 Å². The molecule has 1 aliphatic heterocycles. The van der Waals surface area contributed by atoms with Gasteiger partial charge >= 0.3 is 0 Å². The second-order valence-corrected chi connectivity index (χ2v) is 7.43. The van der Waals surface area contributed by atoms with Crippen molar-refractivity contribution in [3.05, 3.63) is 10.6 Å². The molecule has 0 radical (unpaired) electrons. The van der Waals surface area contributed by atoms with Crippen molar-refractivity contribution in [2.24, 2.45) is 5.41 Å². The number of nitrogens with zero attached hydrogens (tertiary/aromatic N) is 2. The minimum Gasteiger partial charge on any atom is -0.387 e. The lowest BCUT2D eigenvalue weighted by Gasteiger charge is -2.36. The lowest BCUT2D eigenvalue weighted by Crippen LogP contribution is -2.37. The Labute approximate surface area is 113 Å². The van der Waals surface area contributed by atoms with E-state index in [1.165, 1.54) is 17.7 Å². The van der Waals surface area contributed by atoms with Crippen LogP contribution < -0.4 is 4.90 Å². The molecule has 3 rings (SSSR count). The Kier molecular flexibility index (Phi) is 3.10. The highest BCUT2D eigenvalue weighted by Crippen LogP contribution is 2.39. The summed E-state index contributed by atoms with van der Waals surface area (Å²) in [5, 5.41) is 11.1. The van der Waals surface area contributed by atoms with E-state index in [0.717, 1.165) is 43.2 Å². The van der Waals surface area contributed by atoms with Gasteiger partial charge in [-0.3, -0.25) is 0 Å². The second kappa shape index (κ2) is 4.49. The number of aromatic nitrogens is 1. The van der Waals surface area contributed by atoms with Crippen LogP contribution in [0.5, 0.6) is 0 Å². The van der Waals surface area contributed by atoms with Gasteiger partial charge in [0, 0.05) is 18.0 Å². The van der Waals surface area contributed by atoms with E-state index >= 15 is 0 Å². The first-order valence-electron chi connectivity index (χ1n) is 6.98. The first-order valence-corrected chi connectivity index (χ1v) is 7.79. The number of hydrogen-bond donors (Lipinski definition) is 1. The van der Waals surface area contributed by atoms with Gasteiger partial charge in [-0.2, -0.15) is 0 Å². The second-order valence-electron chi connectivity index (χ2n) is 6.36. The Morgan fingerprint density at radius 3 is 2.72 bits per heavy atom. The molecule has 0 saturated carbocycles. The Morgan fingerprint density at radius 2 is 2.06 bits per heavy atom. The van der Waals surface area contributed by atoms with E-state index in [9.17, 15) is 5.11 Å². The molecule has 1 aromatic heterocycles. The first-order chi connectivity index (χ1) is 8.55. The fourth-order valence-corrected chi connectivity index (χ4v) is 4.03. The van der Waals surface area contributed by atoms with Gasteiger partial charge in [0.25, 0.3) is 0 Å². The lowest BCUT2D eigenvalue weighted by atomic mass is 9.83. The number of rotatable bonds is 1. The number of piperidine rings is 1. The van der Waals surface area contributed by atoms with E-state index in [0.29, 0.717) is 5.41 Å². The average molecular weight is 266 g/mol. The van der Waals surface area contributed by atoms with Gasteiger partial charge in [0.1, 0.15) is 0 Å². The summed E-state index contributed by atoms with van der Waals surface area (Å²) in [5.41, 5.74) is 1.44. The molecule has 1 aliphatic carbocycles. The lowest BCUT2D eigenvalue weighted by molar-refractivity contribution is 0.153. The highest BCUT2D eigenvalue weighted by molar-refractivity contribution is 7.15. The smallest absolute Gasteiger partial charge is 0.185 e. The van der Waals surface area contributed by atoms with Crippen LogP contribution in [0.3, 0.4) is 0 Å². The summed E-state index contributed by atoms with van der Waals surface area (Å²) in [4.78, 5) is 8.41. The molecule has 3 nitrogen and oxygen atoms in total. The molecule has 4 heteroatoms. The first kappa shape index (κ1) is 12.4. The van der Waals surface area contributed by atoms with E-state index in [1.54, 1.807) is 11.3 Å². The fourth-order valence-electron chi connectivity index (χ4n) is 2.82. The van der Waals surface area contributed by atoms with Crippen LogP contribution in [0.25, 0.3) is 0 Å². The van der Waals surface area contributed by atoms with Crippen molar-refractivity contribution in [3.63, 3.8) is 0 Å². The Morgan fingerprint density at radius 1 is 1.33 bits per heavy atom. The van der Waals surface area contributed by atoms with Crippen molar-refractivity contribution >= 4 is 16.5 Å². The van der Waals surface area contributed by atoms with Crippen LogP contribution in [0.1, 0.15) is 56.2 Å². The zero-order valence-corrected chi connectivity index (χ0v) is 12.1. The SMILES string of the molecule is CC1(C)CCN(c2nc3c(s2)CCCC3O)CC1. The number of aliphatic hydroxyl groups excluding tert-OH is 1. The van der Waals surface area contributed by atoms with Crippen LogP contribution in [0.15, 0.2) is 0 Å². The van der Waals surface area contributed by atoms with Gasteiger partial charge in [-0.15, -0.1) is 11.3 Å². The third-order valence-electron chi connectivity index (χ3n) is 4.30. The zero-order valence-electron chi connectivity index (χ0n) is 11.3. The van der Waals surface area contributed by atoms with Crippen LogP contribution in [-0.4, -0.2) is 23.2 Å². The number of aryl methyl sites for hydroxylation is 1. The van der Waals surface area contributed by atoms with Gasteiger partial charge in [-0.25, -0.2) is 4.98 Å². The molecule has 0 amide bonds. The third-order valence-corrected chi connectivity index (χ3v) is 5.49. The molecule has 1 atom stereocenters. The van der Waals surface area contributed by atoms with Gasteiger partial charge in [0.15, 0.2) is 5.13 Å². The van der Waals surface area contributed by atoms with Crippen LogP contribution in [0.2, 0.25) is 0 Å².